The summed E-state index contributed by atoms with van der Waals surface area (Å²) in [5, 5.41) is 3.63. The van der Waals surface area contributed by atoms with Crippen LogP contribution in [-0.2, 0) is 16.1 Å². The molecule has 0 heterocycles. The van der Waals surface area contributed by atoms with Crippen molar-refractivity contribution in [2.75, 3.05) is 13.7 Å². The molecule has 0 aromatic heterocycles. The fourth-order valence-electron chi connectivity index (χ4n) is 3.26. The zero-order chi connectivity index (χ0) is 23.7. The van der Waals surface area contributed by atoms with Crippen LogP contribution in [0.15, 0.2) is 42.5 Å². The largest absolute Gasteiger partial charge is 0.497 e. The number of amides is 2. The lowest BCUT2D eigenvalue weighted by molar-refractivity contribution is -0.143. The number of hydrogen-bond donors (Lipinski definition) is 1. The van der Waals surface area contributed by atoms with Crippen LogP contribution in [0.1, 0.15) is 44.7 Å². The predicted molar refractivity (Wildman–Crippen MR) is 127 cm³/mol. The molecule has 0 saturated carbocycles. The Hall–Kier alpha value is -2.73. The number of rotatable bonds is 11. The predicted octanol–water partition coefficient (Wildman–Crippen LogP) is 4.76. The minimum absolute atomic E-state index is 0.0265. The second-order valence-corrected chi connectivity index (χ2v) is 8.22. The second kappa shape index (κ2) is 12.3. The fraction of sp³-hybridized carbons (Fsp3) is 0.440. The van der Waals surface area contributed by atoms with E-state index in [0.717, 1.165) is 17.5 Å². The van der Waals surface area contributed by atoms with Crippen LogP contribution in [0, 0.1) is 6.92 Å². The maximum Gasteiger partial charge on any atom is 0.261 e. The number of nitrogens with zero attached hydrogens (tertiary/aromatic N) is 1. The van der Waals surface area contributed by atoms with Crippen LogP contribution in [0.5, 0.6) is 11.5 Å². The molecule has 2 unspecified atom stereocenters. The summed E-state index contributed by atoms with van der Waals surface area (Å²) in [5.74, 6) is 0.811. The minimum Gasteiger partial charge on any atom is -0.497 e. The van der Waals surface area contributed by atoms with Crippen LogP contribution in [0.25, 0.3) is 0 Å². The van der Waals surface area contributed by atoms with E-state index in [0.29, 0.717) is 22.9 Å². The van der Waals surface area contributed by atoms with Gasteiger partial charge in [-0.05, 0) is 68.1 Å². The number of hydrogen-bond acceptors (Lipinski definition) is 4. The summed E-state index contributed by atoms with van der Waals surface area (Å²) in [6.07, 6.45) is 1.29. The van der Waals surface area contributed by atoms with E-state index in [1.165, 1.54) is 0 Å². The number of carbonyl (C=O) groups excluding carboxylic acids is 2. The molecule has 0 bridgehead atoms. The van der Waals surface area contributed by atoms with Crippen molar-refractivity contribution >= 4 is 23.4 Å². The van der Waals surface area contributed by atoms with E-state index >= 15 is 0 Å². The Labute approximate surface area is 195 Å². The van der Waals surface area contributed by atoms with Crippen LogP contribution in [-0.4, -0.2) is 42.5 Å². The molecule has 0 spiro atoms. The number of halogens is 1. The van der Waals surface area contributed by atoms with E-state index < -0.39 is 6.04 Å². The van der Waals surface area contributed by atoms with Crippen LogP contribution < -0.4 is 14.8 Å². The van der Waals surface area contributed by atoms with Crippen molar-refractivity contribution in [1.29, 1.82) is 0 Å². The number of aryl methyl sites for hydroxylation is 1. The molecular weight excluding hydrogens is 428 g/mol. The van der Waals surface area contributed by atoms with E-state index in [9.17, 15) is 9.59 Å². The molecule has 0 aliphatic heterocycles. The number of nitrogens with one attached hydrogen (secondary N) is 1. The summed E-state index contributed by atoms with van der Waals surface area (Å²) in [5.41, 5.74) is 1.74. The second-order valence-electron chi connectivity index (χ2n) is 7.81. The van der Waals surface area contributed by atoms with Crippen LogP contribution in [0.3, 0.4) is 0 Å². The molecule has 174 valence electrons. The average Bonchev–Trinajstić information content (AvgIpc) is 2.79. The van der Waals surface area contributed by atoms with Gasteiger partial charge in [0.25, 0.3) is 5.91 Å². The third-order valence-corrected chi connectivity index (χ3v) is 5.79. The highest BCUT2D eigenvalue weighted by Crippen LogP contribution is 2.22. The Morgan fingerprint density at radius 2 is 1.84 bits per heavy atom. The molecule has 6 nitrogen and oxygen atoms in total. The number of ether oxygens (including phenoxy) is 2. The van der Waals surface area contributed by atoms with Crippen molar-refractivity contribution < 1.29 is 19.1 Å². The van der Waals surface area contributed by atoms with Crippen molar-refractivity contribution in [3.8, 4) is 11.5 Å². The van der Waals surface area contributed by atoms with Gasteiger partial charge in [0.05, 0.1) is 7.11 Å². The highest BCUT2D eigenvalue weighted by Gasteiger charge is 2.29. The first-order valence-corrected chi connectivity index (χ1v) is 11.3. The van der Waals surface area contributed by atoms with Gasteiger partial charge in [0.15, 0.2) is 6.61 Å². The van der Waals surface area contributed by atoms with Gasteiger partial charge in [-0.15, -0.1) is 0 Å². The molecule has 0 aliphatic rings. The molecule has 32 heavy (non-hydrogen) atoms. The summed E-state index contributed by atoms with van der Waals surface area (Å²) in [6, 6.07) is 12.1. The Kier molecular flexibility index (Phi) is 9.85. The molecule has 0 aliphatic carbocycles. The lowest BCUT2D eigenvalue weighted by Gasteiger charge is -2.31. The van der Waals surface area contributed by atoms with Crippen molar-refractivity contribution in [2.24, 2.45) is 0 Å². The first kappa shape index (κ1) is 25.5. The van der Waals surface area contributed by atoms with Gasteiger partial charge in [-0.2, -0.15) is 0 Å². The van der Waals surface area contributed by atoms with Gasteiger partial charge in [0.2, 0.25) is 5.91 Å². The summed E-state index contributed by atoms with van der Waals surface area (Å²) in [6.45, 7) is 7.82. The van der Waals surface area contributed by atoms with Crippen LogP contribution >= 0.6 is 11.6 Å². The van der Waals surface area contributed by atoms with Crippen molar-refractivity contribution in [2.45, 2.75) is 59.2 Å². The molecular formula is C25H33ClN2O4. The van der Waals surface area contributed by atoms with E-state index in [1.54, 1.807) is 30.2 Å². The molecule has 0 radical (unpaired) electrons. The highest BCUT2D eigenvalue weighted by molar-refractivity contribution is 6.31. The van der Waals surface area contributed by atoms with E-state index in [-0.39, 0.29) is 31.0 Å². The molecule has 2 aromatic carbocycles. The SMILES string of the molecule is CCC(C)NC(=O)C(CC)N(Cc1cccc(OC)c1)C(=O)COc1ccc(Cl)c(C)c1. The normalized spacial score (nSPS) is 12.6. The van der Waals surface area contributed by atoms with Gasteiger partial charge >= 0.3 is 0 Å². The summed E-state index contributed by atoms with van der Waals surface area (Å²) < 4.78 is 11.0. The lowest BCUT2D eigenvalue weighted by Crippen LogP contribution is -2.51. The molecule has 2 aromatic rings. The number of carbonyl (C=O) groups is 2. The zero-order valence-electron chi connectivity index (χ0n) is 19.5. The Balaban J connectivity index is 2.24. The molecule has 2 amide bonds. The first-order valence-electron chi connectivity index (χ1n) is 10.9. The van der Waals surface area contributed by atoms with E-state index in [2.05, 4.69) is 5.32 Å². The molecule has 0 fully saturated rings. The van der Waals surface area contributed by atoms with Gasteiger partial charge in [-0.25, -0.2) is 0 Å². The topological polar surface area (TPSA) is 67.9 Å². The Bertz CT molecular complexity index is 919. The van der Waals surface area contributed by atoms with Crippen molar-refractivity contribution in [3.63, 3.8) is 0 Å². The van der Waals surface area contributed by atoms with Gasteiger partial charge in [0.1, 0.15) is 17.5 Å². The Morgan fingerprint density at radius 1 is 1.09 bits per heavy atom. The summed E-state index contributed by atoms with van der Waals surface area (Å²) in [7, 11) is 1.60. The molecule has 7 heteroatoms. The minimum atomic E-state index is -0.613. The number of methoxy groups -OCH3 is 1. The zero-order valence-corrected chi connectivity index (χ0v) is 20.2. The maximum absolute atomic E-state index is 13.3. The first-order chi connectivity index (χ1) is 15.3. The van der Waals surface area contributed by atoms with Gasteiger partial charge < -0.3 is 19.7 Å². The molecule has 2 rings (SSSR count). The summed E-state index contributed by atoms with van der Waals surface area (Å²) >= 11 is 6.07. The highest BCUT2D eigenvalue weighted by atomic mass is 35.5. The monoisotopic (exact) mass is 460 g/mol. The van der Waals surface area contributed by atoms with E-state index in [1.807, 2.05) is 52.0 Å². The van der Waals surface area contributed by atoms with Gasteiger partial charge in [-0.1, -0.05) is 37.6 Å². The average molecular weight is 461 g/mol. The van der Waals surface area contributed by atoms with Crippen LogP contribution in [0.4, 0.5) is 0 Å². The van der Waals surface area contributed by atoms with Crippen molar-refractivity contribution in [1.82, 2.24) is 10.2 Å². The third-order valence-electron chi connectivity index (χ3n) is 5.37. The Morgan fingerprint density at radius 3 is 2.47 bits per heavy atom. The smallest absolute Gasteiger partial charge is 0.261 e. The molecule has 2 atom stereocenters. The molecule has 0 saturated heterocycles. The van der Waals surface area contributed by atoms with Crippen molar-refractivity contribution in [3.05, 3.63) is 58.6 Å². The summed E-state index contributed by atoms with van der Waals surface area (Å²) in [4.78, 5) is 27.8. The quantitative estimate of drug-likeness (QED) is 0.525. The van der Waals surface area contributed by atoms with Crippen LogP contribution in [0.2, 0.25) is 5.02 Å². The number of benzene rings is 2. The molecule has 1 N–H and O–H groups in total. The standard InChI is InChI=1S/C25H33ClN2O4/c1-6-18(4)27-25(30)23(7-2)28(15-19-9-8-10-20(14-19)31-5)24(29)16-32-21-11-12-22(26)17(3)13-21/h8-14,18,23H,6-7,15-16H2,1-5H3,(H,27,30). The maximum atomic E-state index is 13.3. The fourth-order valence-corrected chi connectivity index (χ4v) is 3.38. The van der Waals surface area contributed by atoms with Gasteiger partial charge in [0, 0.05) is 17.6 Å². The lowest BCUT2D eigenvalue weighted by atomic mass is 10.1. The van der Waals surface area contributed by atoms with Gasteiger partial charge in [-0.3, -0.25) is 9.59 Å². The third kappa shape index (κ3) is 7.16. The van der Waals surface area contributed by atoms with E-state index in [4.69, 9.17) is 21.1 Å².